The van der Waals surface area contributed by atoms with E-state index in [2.05, 4.69) is 5.32 Å². The molecule has 1 atom stereocenters. The Bertz CT molecular complexity index is 1370. The lowest BCUT2D eigenvalue weighted by Gasteiger charge is -2.32. The molecule has 208 valence electrons. The summed E-state index contributed by atoms with van der Waals surface area (Å²) in [4.78, 5) is 28.0. The Hall–Kier alpha value is -3.43. The Morgan fingerprint density at radius 2 is 1.59 bits per heavy atom. The Morgan fingerprint density at radius 3 is 2.18 bits per heavy atom. The van der Waals surface area contributed by atoms with Gasteiger partial charge in [0.25, 0.3) is 10.0 Å². The van der Waals surface area contributed by atoms with E-state index >= 15 is 0 Å². The molecule has 39 heavy (non-hydrogen) atoms. The average Bonchev–Trinajstić information content (AvgIpc) is 2.91. The van der Waals surface area contributed by atoms with Gasteiger partial charge in [0.15, 0.2) is 0 Å². The van der Waals surface area contributed by atoms with Gasteiger partial charge in [0.1, 0.15) is 18.4 Å². The van der Waals surface area contributed by atoms with Gasteiger partial charge in [0, 0.05) is 18.1 Å². The summed E-state index contributed by atoms with van der Waals surface area (Å²) in [5.41, 5.74) is 1.82. The molecule has 2 amide bonds. The van der Waals surface area contributed by atoms with Crippen LogP contribution in [0, 0.1) is 12.7 Å². The van der Waals surface area contributed by atoms with Crippen LogP contribution < -0.4 is 9.62 Å². The van der Waals surface area contributed by atoms with Crippen molar-refractivity contribution in [3.05, 3.63) is 94.8 Å². The van der Waals surface area contributed by atoms with Crippen molar-refractivity contribution >= 4 is 39.1 Å². The van der Waals surface area contributed by atoms with Gasteiger partial charge in [-0.15, -0.1) is 0 Å². The van der Waals surface area contributed by atoms with Crippen LogP contribution in [0.15, 0.2) is 77.7 Å². The zero-order chi connectivity index (χ0) is 28.6. The van der Waals surface area contributed by atoms with E-state index in [9.17, 15) is 22.4 Å². The lowest BCUT2D eigenvalue weighted by atomic mass is 10.1. The topological polar surface area (TPSA) is 86.8 Å². The monoisotopic (exact) mass is 573 g/mol. The summed E-state index contributed by atoms with van der Waals surface area (Å²) in [6.45, 7) is 5.36. The smallest absolute Gasteiger partial charge is 0.264 e. The summed E-state index contributed by atoms with van der Waals surface area (Å²) in [5, 5.41) is 3.20. The minimum Gasteiger partial charge on any atom is -0.354 e. The van der Waals surface area contributed by atoms with Gasteiger partial charge in [0.2, 0.25) is 11.8 Å². The average molecular weight is 574 g/mol. The maximum atomic E-state index is 13.8. The van der Waals surface area contributed by atoms with Crippen LogP contribution in [0.1, 0.15) is 37.8 Å². The van der Waals surface area contributed by atoms with Crippen molar-refractivity contribution in [2.75, 3.05) is 17.4 Å². The highest BCUT2D eigenvalue weighted by Crippen LogP contribution is 2.26. The van der Waals surface area contributed by atoms with Crippen molar-refractivity contribution in [1.29, 1.82) is 0 Å². The molecular formula is C29H33ClFN3O4S. The van der Waals surface area contributed by atoms with Gasteiger partial charge in [-0.2, -0.15) is 0 Å². The number of carbonyl (C=O) groups excluding carboxylic acids is 2. The minimum atomic E-state index is -4.18. The van der Waals surface area contributed by atoms with Crippen LogP contribution in [-0.4, -0.2) is 44.3 Å². The highest BCUT2D eigenvalue weighted by Gasteiger charge is 2.32. The SMILES string of the molecule is CCCCNC(=O)[C@H](C)N(Cc1ccc(F)cc1)C(=O)CN(c1ccc(C)cc1)S(=O)(=O)c1ccc(Cl)cc1. The summed E-state index contributed by atoms with van der Waals surface area (Å²) < 4.78 is 42.1. The third-order valence-electron chi connectivity index (χ3n) is 6.27. The Balaban J connectivity index is 1.98. The number of amides is 2. The number of rotatable bonds is 12. The van der Waals surface area contributed by atoms with Crippen molar-refractivity contribution in [3.63, 3.8) is 0 Å². The molecular weight excluding hydrogens is 541 g/mol. The van der Waals surface area contributed by atoms with Crippen LogP contribution in [0.4, 0.5) is 10.1 Å². The van der Waals surface area contributed by atoms with Crippen molar-refractivity contribution < 1.29 is 22.4 Å². The summed E-state index contributed by atoms with van der Waals surface area (Å²) in [5.74, 6) is -1.38. The first-order chi connectivity index (χ1) is 18.5. The highest BCUT2D eigenvalue weighted by atomic mass is 35.5. The normalized spacial score (nSPS) is 12.0. The van der Waals surface area contributed by atoms with Crippen LogP contribution in [0.2, 0.25) is 5.02 Å². The molecule has 0 fully saturated rings. The second kappa shape index (κ2) is 13.6. The zero-order valence-electron chi connectivity index (χ0n) is 22.2. The first-order valence-electron chi connectivity index (χ1n) is 12.7. The quantitative estimate of drug-likeness (QED) is 0.297. The molecule has 0 saturated heterocycles. The fourth-order valence-corrected chi connectivity index (χ4v) is 5.42. The van der Waals surface area contributed by atoms with E-state index < -0.39 is 34.3 Å². The molecule has 0 aliphatic rings. The number of carbonyl (C=O) groups is 2. The van der Waals surface area contributed by atoms with Crippen LogP contribution in [0.5, 0.6) is 0 Å². The number of hydrogen-bond donors (Lipinski definition) is 1. The van der Waals surface area contributed by atoms with Gasteiger partial charge in [-0.25, -0.2) is 12.8 Å². The first kappa shape index (κ1) is 30.1. The fraction of sp³-hybridized carbons (Fsp3) is 0.310. The summed E-state index contributed by atoms with van der Waals surface area (Å²) in [6, 6.07) is 17.1. The lowest BCUT2D eigenvalue weighted by molar-refractivity contribution is -0.139. The maximum absolute atomic E-state index is 13.8. The molecule has 3 aromatic carbocycles. The highest BCUT2D eigenvalue weighted by molar-refractivity contribution is 7.92. The second-order valence-electron chi connectivity index (χ2n) is 9.27. The third kappa shape index (κ3) is 8.03. The van der Waals surface area contributed by atoms with Gasteiger partial charge in [-0.3, -0.25) is 13.9 Å². The van der Waals surface area contributed by atoms with Crippen molar-refractivity contribution in [2.45, 2.75) is 51.1 Å². The predicted molar refractivity (Wildman–Crippen MR) is 151 cm³/mol. The number of hydrogen-bond acceptors (Lipinski definition) is 4. The standard InChI is InChI=1S/C29H33ClFN3O4S/c1-4-5-18-32-29(36)22(3)33(19-23-8-12-25(31)13-9-23)28(35)20-34(26-14-6-21(2)7-15-26)39(37,38)27-16-10-24(30)11-17-27/h6-17,22H,4-5,18-20H2,1-3H3,(H,32,36)/t22-/m0/s1. The van der Waals surface area contributed by atoms with Gasteiger partial charge < -0.3 is 10.2 Å². The van der Waals surface area contributed by atoms with E-state index in [0.29, 0.717) is 22.8 Å². The number of nitrogens with one attached hydrogen (secondary N) is 1. The van der Waals surface area contributed by atoms with E-state index in [1.54, 1.807) is 31.2 Å². The van der Waals surface area contributed by atoms with Crippen molar-refractivity contribution in [3.8, 4) is 0 Å². The van der Waals surface area contributed by atoms with Crippen LogP contribution in [0.25, 0.3) is 0 Å². The minimum absolute atomic E-state index is 0.00971. The van der Waals surface area contributed by atoms with E-state index in [4.69, 9.17) is 11.6 Å². The number of sulfonamides is 1. The molecule has 0 spiro atoms. The molecule has 0 unspecified atom stereocenters. The number of aryl methyl sites for hydroxylation is 1. The lowest BCUT2D eigenvalue weighted by Crippen LogP contribution is -2.51. The molecule has 0 bridgehead atoms. The van der Waals surface area contributed by atoms with Gasteiger partial charge in [-0.1, -0.05) is 54.8 Å². The number of anilines is 1. The number of unbranched alkanes of at least 4 members (excludes halogenated alkanes) is 1. The predicted octanol–water partition coefficient (Wildman–Crippen LogP) is 5.32. The Morgan fingerprint density at radius 1 is 0.974 bits per heavy atom. The molecule has 0 aliphatic carbocycles. The second-order valence-corrected chi connectivity index (χ2v) is 11.6. The molecule has 10 heteroatoms. The molecule has 3 aromatic rings. The molecule has 0 aliphatic heterocycles. The molecule has 0 aromatic heterocycles. The van der Waals surface area contributed by atoms with Gasteiger partial charge in [0.05, 0.1) is 10.6 Å². The van der Waals surface area contributed by atoms with Crippen molar-refractivity contribution in [2.24, 2.45) is 0 Å². The molecule has 3 rings (SSSR count). The molecule has 0 saturated carbocycles. The summed E-state index contributed by atoms with van der Waals surface area (Å²) in [7, 11) is -4.18. The van der Waals surface area contributed by atoms with Crippen LogP contribution in [-0.2, 0) is 26.2 Å². The van der Waals surface area contributed by atoms with E-state index in [1.165, 1.54) is 53.4 Å². The Kier molecular flexibility index (Phi) is 10.5. The molecule has 0 radical (unpaired) electrons. The Labute approximate surface area is 234 Å². The van der Waals surface area contributed by atoms with E-state index in [0.717, 1.165) is 22.7 Å². The summed E-state index contributed by atoms with van der Waals surface area (Å²) >= 11 is 5.97. The summed E-state index contributed by atoms with van der Waals surface area (Å²) in [6.07, 6.45) is 1.67. The van der Waals surface area contributed by atoms with E-state index in [1.807, 2.05) is 13.8 Å². The van der Waals surface area contributed by atoms with Gasteiger partial charge >= 0.3 is 0 Å². The van der Waals surface area contributed by atoms with Gasteiger partial charge in [-0.05, 0) is 74.4 Å². The van der Waals surface area contributed by atoms with E-state index in [-0.39, 0.29) is 17.3 Å². The maximum Gasteiger partial charge on any atom is 0.264 e. The first-order valence-corrected chi connectivity index (χ1v) is 14.5. The van der Waals surface area contributed by atoms with Crippen molar-refractivity contribution in [1.82, 2.24) is 10.2 Å². The molecule has 0 heterocycles. The zero-order valence-corrected chi connectivity index (χ0v) is 23.8. The third-order valence-corrected chi connectivity index (χ3v) is 8.31. The number of benzene rings is 3. The largest absolute Gasteiger partial charge is 0.354 e. The molecule has 1 N–H and O–H groups in total. The molecule has 7 nitrogen and oxygen atoms in total. The number of nitrogens with zero attached hydrogens (tertiary/aromatic N) is 2. The fourth-order valence-electron chi connectivity index (χ4n) is 3.88. The van der Waals surface area contributed by atoms with Crippen LogP contribution >= 0.6 is 11.6 Å². The van der Waals surface area contributed by atoms with Crippen LogP contribution in [0.3, 0.4) is 0 Å². The number of halogens is 2.